The highest BCUT2D eigenvalue weighted by molar-refractivity contribution is 5.98. The first-order valence-electron chi connectivity index (χ1n) is 10.2. The number of benzene rings is 3. The number of aromatic hydroxyl groups is 2. The molecule has 0 heterocycles. The van der Waals surface area contributed by atoms with E-state index in [0.29, 0.717) is 5.75 Å². The Bertz CT molecular complexity index is 1000. The van der Waals surface area contributed by atoms with Crippen LogP contribution in [0.25, 0.3) is 11.1 Å². The molecule has 0 aliphatic rings. The first-order valence-corrected chi connectivity index (χ1v) is 10.2. The fraction of sp³-hybridized carbons (Fsp3) is 0.192. The van der Waals surface area contributed by atoms with E-state index in [1.165, 1.54) is 0 Å². The molecule has 5 heteroatoms. The van der Waals surface area contributed by atoms with Crippen molar-refractivity contribution in [2.75, 3.05) is 6.61 Å². The van der Waals surface area contributed by atoms with Gasteiger partial charge in [0.2, 0.25) is 0 Å². The molecule has 5 nitrogen and oxygen atoms in total. The molecule has 0 aromatic heterocycles. The molecule has 0 atom stereocenters. The summed E-state index contributed by atoms with van der Waals surface area (Å²) in [7, 11) is 0. The van der Waals surface area contributed by atoms with E-state index in [4.69, 9.17) is 9.84 Å². The second-order valence-electron chi connectivity index (χ2n) is 7.26. The number of ether oxygens (including phenoxy) is 1. The highest BCUT2D eigenvalue weighted by atomic mass is 16.5. The summed E-state index contributed by atoms with van der Waals surface area (Å²) in [6, 6.07) is 21.5. The van der Waals surface area contributed by atoms with Gasteiger partial charge in [-0.3, -0.25) is 0 Å². The Kier molecular flexibility index (Phi) is 7.33. The van der Waals surface area contributed by atoms with Gasteiger partial charge in [-0.15, -0.1) is 0 Å². The minimum Gasteiger partial charge on any atom is -0.508 e. The van der Waals surface area contributed by atoms with Gasteiger partial charge in [-0.05, 0) is 77.1 Å². The van der Waals surface area contributed by atoms with Crippen molar-refractivity contribution in [3.05, 3.63) is 89.5 Å². The van der Waals surface area contributed by atoms with Crippen molar-refractivity contribution >= 4 is 17.1 Å². The van der Waals surface area contributed by atoms with Crippen molar-refractivity contribution < 1.29 is 24.9 Å². The van der Waals surface area contributed by atoms with Crippen LogP contribution < -0.4 is 4.74 Å². The molecule has 3 aromatic rings. The lowest BCUT2D eigenvalue weighted by molar-refractivity contribution is -0.139. The minimum absolute atomic E-state index is 0.188. The number of carboxylic acids is 1. The third-order valence-electron chi connectivity index (χ3n) is 4.94. The van der Waals surface area contributed by atoms with Crippen LogP contribution in [-0.4, -0.2) is 27.9 Å². The quantitative estimate of drug-likeness (QED) is 0.388. The SMILES string of the molecule is CCCCC(=C(c1ccc(O)cc1)c1ccc(O)cc1)c1cccc(OCC(=O)O)c1. The predicted octanol–water partition coefficient (Wildman–Crippen LogP) is 5.71. The van der Waals surface area contributed by atoms with Gasteiger partial charge in [0.1, 0.15) is 17.2 Å². The standard InChI is InChI=1S/C26H26O5/c1-2-3-7-24(20-5-4-6-23(16-20)31-17-25(29)30)26(18-8-12-21(27)13-9-18)19-10-14-22(28)15-11-19/h4-6,8-16,27-28H,2-3,7,17H2,1H3,(H,29,30). The molecule has 0 radical (unpaired) electrons. The van der Waals surface area contributed by atoms with Crippen LogP contribution in [0.1, 0.15) is 42.9 Å². The molecular weight excluding hydrogens is 392 g/mol. The lowest BCUT2D eigenvalue weighted by Gasteiger charge is -2.18. The van der Waals surface area contributed by atoms with Crippen LogP contribution >= 0.6 is 0 Å². The molecular formula is C26H26O5. The molecule has 31 heavy (non-hydrogen) atoms. The molecule has 0 spiro atoms. The van der Waals surface area contributed by atoms with Crippen LogP contribution in [-0.2, 0) is 4.79 Å². The molecule has 0 saturated carbocycles. The maximum atomic E-state index is 10.9. The van der Waals surface area contributed by atoms with E-state index in [-0.39, 0.29) is 11.5 Å². The molecule has 0 unspecified atom stereocenters. The van der Waals surface area contributed by atoms with Crippen LogP contribution in [0.4, 0.5) is 0 Å². The van der Waals surface area contributed by atoms with Gasteiger partial charge in [-0.25, -0.2) is 4.79 Å². The maximum absolute atomic E-state index is 10.9. The third-order valence-corrected chi connectivity index (χ3v) is 4.94. The van der Waals surface area contributed by atoms with Crippen LogP contribution in [0, 0.1) is 0 Å². The van der Waals surface area contributed by atoms with Gasteiger partial charge in [0.25, 0.3) is 0 Å². The van der Waals surface area contributed by atoms with E-state index >= 15 is 0 Å². The zero-order valence-electron chi connectivity index (χ0n) is 17.4. The summed E-state index contributed by atoms with van der Waals surface area (Å²) in [6.45, 7) is 1.73. The number of allylic oxidation sites excluding steroid dienone is 1. The zero-order chi connectivity index (χ0) is 22.2. The van der Waals surface area contributed by atoms with Gasteiger partial charge in [0, 0.05) is 0 Å². The Labute approximate surface area is 181 Å². The van der Waals surface area contributed by atoms with Crippen molar-refractivity contribution in [1.82, 2.24) is 0 Å². The number of hydrogen-bond acceptors (Lipinski definition) is 4. The van der Waals surface area contributed by atoms with Gasteiger partial charge in [-0.2, -0.15) is 0 Å². The van der Waals surface area contributed by atoms with Crippen molar-refractivity contribution in [3.63, 3.8) is 0 Å². The number of aliphatic carboxylic acids is 1. The molecule has 0 bridgehead atoms. The fourth-order valence-electron chi connectivity index (χ4n) is 3.46. The smallest absolute Gasteiger partial charge is 0.341 e. The summed E-state index contributed by atoms with van der Waals surface area (Å²) in [5, 5.41) is 28.5. The van der Waals surface area contributed by atoms with E-state index in [0.717, 1.165) is 47.1 Å². The third kappa shape index (κ3) is 5.89. The molecule has 3 N–H and O–H groups in total. The lowest BCUT2D eigenvalue weighted by Crippen LogP contribution is -2.09. The summed E-state index contributed by atoms with van der Waals surface area (Å²) in [4.78, 5) is 10.9. The van der Waals surface area contributed by atoms with E-state index in [2.05, 4.69) is 6.92 Å². The van der Waals surface area contributed by atoms with E-state index < -0.39 is 12.6 Å². The lowest BCUT2D eigenvalue weighted by atomic mass is 9.87. The van der Waals surface area contributed by atoms with Crippen molar-refractivity contribution in [2.45, 2.75) is 26.2 Å². The van der Waals surface area contributed by atoms with E-state index in [1.807, 2.05) is 42.5 Å². The highest BCUT2D eigenvalue weighted by Gasteiger charge is 2.15. The Hall–Kier alpha value is -3.73. The van der Waals surface area contributed by atoms with Crippen LogP contribution in [0.3, 0.4) is 0 Å². The molecule has 160 valence electrons. The summed E-state index contributed by atoms with van der Waals surface area (Å²) in [5.41, 5.74) is 4.88. The average Bonchev–Trinajstić information content (AvgIpc) is 2.77. The minimum atomic E-state index is -1.03. The van der Waals surface area contributed by atoms with Crippen molar-refractivity contribution in [3.8, 4) is 17.2 Å². The van der Waals surface area contributed by atoms with Gasteiger partial charge in [-0.1, -0.05) is 49.7 Å². The molecule has 3 rings (SSSR count). The second-order valence-corrected chi connectivity index (χ2v) is 7.26. The topological polar surface area (TPSA) is 87.0 Å². The Morgan fingerprint density at radius 3 is 1.94 bits per heavy atom. The summed E-state index contributed by atoms with van der Waals surface area (Å²) in [5.74, 6) is -0.161. The van der Waals surface area contributed by atoms with Gasteiger partial charge in [0.15, 0.2) is 6.61 Å². The van der Waals surface area contributed by atoms with Crippen LogP contribution in [0.5, 0.6) is 17.2 Å². The number of carboxylic acid groups (broad SMARTS) is 1. The normalized spacial score (nSPS) is 10.5. The first-order chi connectivity index (χ1) is 15.0. The molecule has 0 amide bonds. The van der Waals surface area contributed by atoms with Gasteiger partial charge >= 0.3 is 5.97 Å². The molecule has 0 saturated heterocycles. The zero-order valence-corrected chi connectivity index (χ0v) is 17.4. The fourth-order valence-corrected chi connectivity index (χ4v) is 3.46. The average molecular weight is 418 g/mol. The van der Waals surface area contributed by atoms with Crippen molar-refractivity contribution in [1.29, 1.82) is 0 Å². The molecule has 3 aromatic carbocycles. The Morgan fingerprint density at radius 2 is 1.42 bits per heavy atom. The molecule has 0 aliphatic carbocycles. The van der Waals surface area contributed by atoms with E-state index in [9.17, 15) is 15.0 Å². The number of phenols is 2. The summed E-state index contributed by atoms with van der Waals surface area (Å²) in [6.07, 6.45) is 2.78. The van der Waals surface area contributed by atoms with Gasteiger partial charge in [0.05, 0.1) is 0 Å². The number of rotatable bonds is 9. The molecule has 0 aliphatic heterocycles. The van der Waals surface area contributed by atoms with Crippen molar-refractivity contribution in [2.24, 2.45) is 0 Å². The van der Waals surface area contributed by atoms with Gasteiger partial charge < -0.3 is 20.1 Å². The van der Waals surface area contributed by atoms with E-state index in [1.54, 1.807) is 30.3 Å². The summed E-state index contributed by atoms with van der Waals surface area (Å²) < 4.78 is 5.40. The van der Waals surface area contributed by atoms with Crippen LogP contribution in [0.2, 0.25) is 0 Å². The number of carbonyl (C=O) groups is 1. The second kappa shape index (κ2) is 10.3. The van der Waals surface area contributed by atoms with Crippen LogP contribution in [0.15, 0.2) is 72.8 Å². The largest absolute Gasteiger partial charge is 0.508 e. The highest BCUT2D eigenvalue weighted by Crippen LogP contribution is 2.37. The number of unbranched alkanes of at least 4 members (excludes halogenated alkanes) is 1. The number of hydrogen-bond donors (Lipinski definition) is 3. The maximum Gasteiger partial charge on any atom is 0.341 e. The number of phenolic OH excluding ortho intramolecular Hbond substituents is 2. The summed E-state index contributed by atoms with van der Waals surface area (Å²) >= 11 is 0. The monoisotopic (exact) mass is 418 g/mol. The molecule has 0 fully saturated rings. The predicted molar refractivity (Wildman–Crippen MR) is 121 cm³/mol. The Balaban J connectivity index is 2.19. The Morgan fingerprint density at radius 1 is 0.839 bits per heavy atom. The first kappa shape index (κ1) is 22.0.